The molecule has 0 bridgehead atoms. The second kappa shape index (κ2) is 5.03. The van der Waals surface area contributed by atoms with E-state index in [4.69, 9.17) is 10.5 Å². The van der Waals surface area contributed by atoms with Gasteiger partial charge in [-0.1, -0.05) is 0 Å². The summed E-state index contributed by atoms with van der Waals surface area (Å²) in [5.74, 6) is 0. The maximum absolute atomic E-state index is 11.5. The Hall–Kier alpha value is -1.49. The Labute approximate surface area is 95.4 Å². The van der Waals surface area contributed by atoms with Gasteiger partial charge in [-0.2, -0.15) is 0 Å². The predicted molar refractivity (Wildman–Crippen MR) is 62.0 cm³/mol. The molecule has 0 spiro atoms. The van der Waals surface area contributed by atoms with Gasteiger partial charge < -0.3 is 20.8 Å². The fourth-order valence-corrected chi connectivity index (χ4v) is 1.28. The highest BCUT2D eigenvalue weighted by Crippen LogP contribution is 2.12. The summed E-state index contributed by atoms with van der Waals surface area (Å²) in [5, 5.41) is 2.72. The van der Waals surface area contributed by atoms with Crippen LogP contribution in [0, 0.1) is 0 Å². The summed E-state index contributed by atoms with van der Waals surface area (Å²) in [6.45, 7) is 5.79. The van der Waals surface area contributed by atoms with Crippen LogP contribution in [0.2, 0.25) is 0 Å². The lowest BCUT2D eigenvalue weighted by atomic mass is 10.1. The predicted octanol–water partition coefficient (Wildman–Crippen LogP) is 1.54. The summed E-state index contributed by atoms with van der Waals surface area (Å²) < 4.78 is 5.15. The average Bonchev–Trinajstić information content (AvgIpc) is 2.63. The minimum Gasteiger partial charge on any atom is -0.444 e. The smallest absolute Gasteiger partial charge is 0.408 e. The number of nitrogens with two attached hydrogens (primary N) is 1. The lowest BCUT2D eigenvalue weighted by molar-refractivity contribution is 0.0505. The van der Waals surface area contributed by atoms with Crippen LogP contribution >= 0.6 is 0 Å². The van der Waals surface area contributed by atoms with Crippen molar-refractivity contribution in [3.8, 4) is 0 Å². The Morgan fingerprint density at radius 2 is 2.31 bits per heavy atom. The van der Waals surface area contributed by atoms with Gasteiger partial charge in [-0.25, -0.2) is 4.79 Å². The first-order chi connectivity index (χ1) is 7.42. The standard InChI is InChI=1S/C11H19N3O2/c1-11(2,3)16-10(15)14-9(6-12)8-4-5-13-7-8/h4-5,7,9,13H,6,12H2,1-3H3,(H,14,15). The molecule has 1 unspecified atom stereocenters. The van der Waals surface area contributed by atoms with E-state index in [-0.39, 0.29) is 6.04 Å². The van der Waals surface area contributed by atoms with Crippen molar-refractivity contribution < 1.29 is 9.53 Å². The summed E-state index contributed by atoms with van der Waals surface area (Å²) in [6, 6.07) is 1.65. The first kappa shape index (κ1) is 12.6. The van der Waals surface area contributed by atoms with E-state index in [1.807, 2.05) is 26.8 Å². The van der Waals surface area contributed by atoms with Gasteiger partial charge in [0.05, 0.1) is 6.04 Å². The fourth-order valence-electron chi connectivity index (χ4n) is 1.28. The van der Waals surface area contributed by atoms with Crippen molar-refractivity contribution in [2.24, 2.45) is 5.73 Å². The van der Waals surface area contributed by atoms with Gasteiger partial charge in [-0.3, -0.25) is 0 Å². The number of nitrogens with one attached hydrogen (secondary N) is 2. The van der Waals surface area contributed by atoms with Gasteiger partial charge >= 0.3 is 6.09 Å². The van der Waals surface area contributed by atoms with Crippen LogP contribution in [0.25, 0.3) is 0 Å². The maximum Gasteiger partial charge on any atom is 0.408 e. The topological polar surface area (TPSA) is 80.1 Å². The quantitative estimate of drug-likeness (QED) is 0.730. The largest absolute Gasteiger partial charge is 0.444 e. The third kappa shape index (κ3) is 3.94. The zero-order chi connectivity index (χ0) is 12.2. The van der Waals surface area contributed by atoms with E-state index in [1.165, 1.54) is 0 Å². The van der Waals surface area contributed by atoms with Crippen molar-refractivity contribution in [1.29, 1.82) is 0 Å². The van der Waals surface area contributed by atoms with Gasteiger partial charge in [0.2, 0.25) is 0 Å². The molecule has 0 saturated heterocycles. The molecule has 1 atom stereocenters. The lowest BCUT2D eigenvalue weighted by Crippen LogP contribution is -2.37. The van der Waals surface area contributed by atoms with E-state index >= 15 is 0 Å². The van der Waals surface area contributed by atoms with Crippen molar-refractivity contribution in [2.75, 3.05) is 6.54 Å². The number of amides is 1. The molecular weight excluding hydrogens is 206 g/mol. The SMILES string of the molecule is CC(C)(C)OC(=O)NC(CN)c1cc[nH]c1. The first-order valence-electron chi connectivity index (χ1n) is 5.24. The average molecular weight is 225 g/mol. The van der Waals surface area contributed by atoms with E-state index in [1.54, 1.807) is 12.4 Å². The second-order valence-corrected chi connectivity index (χ2v) is 4.58. The number of carbonyl (C=O) groups excluding carboxylic acids is 1. The van der Waals surface area contributed by atoms with Crippen LogP contribution in [0.3, 0.4) is 0 Å². The molecule has 0 aliphatic carbocycles. The molecule has 0 saturated carbocycles. The van der Waals surface area contributed by atoms with Crippen LogP contribution in [-0.4, -0.2) is 23.2 Å². The number of carbonyl (C=O) groups is 1. The lowest BCUT2D eigenvalue weighted by Gasteiger charge is -2.22. The van der Waals surface area contributed by atoms with Crippen LogP contribution in [0.15, 0.2) is 18.5 Å². The molecule has 1 aromatic heterocycles. The fraction of sp³-hybridized carbons (Fsp3) is 0.545. The van der Waals surface area contributed by atoms with Gasteiger partial charge in [0.25, 0.3) is 0 Å². The molecular formula is C11H19N3O2. The number of hydrogen-bond acceptors (Lipinski definition) is 3. The molecule has 0 aliphatic rings. The highest BCUT2D eigenvalue weighted by molar-refractivity contribution is 5.68. The molecule has 5 heteroatoms. The van der Waals surface area contributed by atoms with Crippen LogP contribution in [0.1, 0.15) is 32.4 Å². The molecule has 5 nitrogen and oxygen atoms in total. The van der Waals surface area contributed by atoms with Crippen LogP contribution < -0.4 is 11.1 Å². The Morgan fingerprint density at radius 3 is 2.75 bits per heavy atom. The number of aromatic amines is 1. The van der Waals surface area contributed by atoms with Crippen LogP contribution in [-0.2, 0) is 4.74 Å². The van der Waals surface area contributed by atoms with Crippen molar-refractivity contribution in [1.82, 2.24) is 10.3 Å². The van der Waals surface area contributed by atoms with E-state index in [0.717, 1.165) is 5.56 Å². The third-order valence-electron chi connectivity index (χ3n) is 1.95. The summed E-state index contributed by atoms with van der Waals surface area (Å²) in [5.41, 5.74) is 6.03. The van der Waals surface area contributed by atoms with Gasteiger partial charge in [0.15, 0.2) is 0 Å². The van der Waals surface area contributed by atoms with E-state index in [2.05, 4.69) is 10.3 Å². The molecule has 4 N–H and O–H groups in total. The number of hydrogen-bond donors (Lipinski definition) is 3. The van der Waals surface area contributed by atoms with Gasteiger partial charge in [0.1, 0.15) is 5.60 Å². The molecule has 1 rings (SSSR count). The second-order valence-electron chi connectivity index (χ2n) is 4.58. The minimum atomic E-state index is -0.499. The summed E-state index contributed by atoms with van der Waals surface area (Å²) in [6.07, 6.45) is 3.13. The third-order valence-corrected chi connectivity index (χ3v) is 1.95. The normalized spacial score (nSPS) is 13.2. The molecule has 0 fully saturated rings. The molecule has 0 aromatic carbocycles. The molecule has 1 aromatic rings. The number of rotatable bonds is 3. The zero-order valence-electron chi connectivity index (χ0n) is 9.91. The minimum absolute atomic E-state index is 0.221. The van der Waals surface area contributed by atoms with Crippen molar-refractivity contribution >= 4 is 6.09 Å². The Bertz CT molecular complexity index is 327. The summed E-state index contributed by atoms with van der Waals surface area (Å²) in [7, 11) is 0. The van der Waals surface area contributed by atoms with Crippen LogP contribution in [0.5, 0.6) is 0 Å². The molecule has 90 valence electrons. The highest BCUT2D eigenvalue weighted by Gasteiger charge is 2.19. The Morgan fingerprint density at radius 1 is 1.62 bits per heavy atom. The molecule has 0 aliphatic heterocycles. The Kier molecular flexibility index (Phi) is 3.95. The van der Waals surface area contributed by atoms with Crippen molar-refractivity contribution in [3.05, 3.63) is 24.0 Å². The maximum atomic E-state index is 11.5. The zero-order valence-corrected chi connectivity index (χ0v) is 9.91. The van der Waals surface area contributed by atoms with Crippen LogP contribution in [0.4, 0.5) is 4.79 Å². The van der Waals surface area contributed by atoms with Crippen molar-refractivity contribution in [2.45, 2.75) is 32.4 Å². The number of H-pyrrole nitrogens is 1. The molecule has 16 heavy (non-hydrogen) atoms. The van der Waals surface area contributed by atoms with Gasteiger partial charge in [-0.05, 0) is 32.4 Å². The van der Waals surface area contributed by atoms with Crippen molar-refractivity contribution in [3.63, 3.8) is 0 Å². The monoisotopic (exact) mass is 225 g/mol. The van der Waals surface area contributed by atoms with E-state index < -0.39 is 11.7 Å². The van der Waals surface area contributed by atoms with E-state index in [9.17, 15) is 4.79 Å². The number of aromatic nitrogens is 1. The Balaban J connectivity index is 2.55. The first-order valence-corrected chi connectivity index (χ1v) is 5.24. The number of ether oxygens (including phenoxy) is 1. The van der Waals surface area contributed by atoms with Gasteiger partial charge in [0, 0.05) is 18.9 Å². The summed E-state index contributed by atoms with van der Waals surface area (Å²) >= 11 is 0. The van der Waals surface area contributed by atoms with Gasteiger partial charge in [-0.15, -0.1) is 0 Å². The molecule has 1 amide bonds. The van der Waals surface area contributed by atoms with E-state index in [0.29, 0.717) is 6.54 Å². The highest BCUT2D eigenvalue weighted by atomic mass is 16.6. The summed E-state index contributed by atoms with van der Waals surface area (Å²) in [4.78, 5) is 14.4. The molecule has 1 heterocycles. The molecule has 0 radical (unpaired) electrons. The number of alkyl carbamates (subject to hydrolysis) is 1.